The van der Waals surface area contributed by atoms with Gasteiger partial charge in [-0.05, 0) is 73.7 Å². The van der Waals surface area contributed by atoms with Gasteiger partial charge >= 0.3 is 0 Å². The van der Waals surface area contributed by atoms with Crippen LogP contribution in [0.5, 0.6) is 5.75 Å². The van der Waals surface area contributed by atoms with E-state index in [9.17, 15) is 39.6 Å². The van der Waals surface area contributed by atoms with Gasteiger partial charge in [0.2, 0.25) is 5.78 Å². The number of primary amides is 1. The monoisotopic (exact) mass is 590 g/mol. The van der Waals surface area contributed by atoms with Crippen molar-refractivity contribution in [3.63, 3.8) is 0 Å². The van der Waals surface area contributed by atoms with E-state index in [2.05, 4.69) is 10.3 Å². The molecule has 5 rings (SSSR count). The number of phenolic OH excluding ortho intramolecular Hbond substituents is 1. The lowest BCUT2D eigenvalue weighted by molar-refractivity contribution is -0.153. The summed E-state index contributed by atoms with van der Waals surface area (Å²) in [5.74, 6) is -7.63. The van der Waals surface area contributed by atoms with Gasteiger partial charge in [-0.3, -0.25) is 29.1 Å². The van der Waals surface area contributed by atoms with Crippen LogP contribution in [0, 0.1) is 11.8 Å². The number of nitrogens with zero attached hydrogens (tertiary/aromatic N) is 2. The van der Waals surface area contributed by atoms with Crippen molar-refractivity contribution < 1.29 is 39.6 Å². The molecule has 226 valence electrons. The topological polar surface area (TPSA) is 203 Å². The first-order valence-electron chi connectivity index (χ1n) is 13.9. The van der Waals surface area contributed by atoms with E-state index in [4.69, 9.17) is 5.73 Å². The molecule has 1 aromatic heterocycles. The van der Waals surface area contributed by atoms with Gasteiger partial charge in [-0.2, -0.15) is 0 Å². The second-order valence-corrected chi connectivity index (χ2v) is 11.9. The van der Waals surface area contributed by atoms with Gasteiger partial charge in [0.05, 0.1) is 17.2 Å². The Bertz CT molecular complexity index is 1630. The number of likely N-dealkylation sites (N-methyl/N-ethyl adjacent to an activating group) is 1. The SMILES string of the molecule is CC(C)c1cc(CNC(=O)c2cccnc2)c2c(c1O)C(O)=C1C(=O)[C@]3(O)C(O)=C(C(N)=O)C(=O)[C@@H](N(C)C)[C@@H]3C[C@@H]1C2. The van der Waals surface area contributed by atoms with Gasteiger partial charge in [-0.1, -0.05) is 13.8 Å². The summed E-state index contributed by atoms with van der Waals surface area (Å²) in [6.07, 6.45) is 3.07. The molecule has 12 heteroatoms. The number of fused-ring (bicyclic) bond motifs is 3. The van der Waals surface area contributed by atoms with Crippen molar-refractivity contribution in [2.75, 3.05) is 14.1 Å². The molecular weight excluding hydrogens is 556 g/mol. The second-order valence-electron chi connectivity index (χ2n) is 11.9. The maximum atomic E-state index is 14.1. The average molecular weight is 591 g/mol. The highest BCUT2D eigenvalue weighted by Crippen LogP contribution is 2.53. The highest BCUT2D eigenvalue weighted by molar-refractivity contribution is 6.24. The predicted molar refractivity (Wildman–Crippen MR) is 154 cm³/mol. The third-order valence-corrected chi connectivity index (χ3v) is 8.83. The molecule has 0 radical (unpaired) electrons. The molecule has 7 N–H and O–H groups in total. The van der Waals surface area contributed by atoms with E-state index in [-0.39, 0.29) is 48.1 Å². The van der Waals surface area contributed by atoms with E-state index in [1.807, 2.05) is 13.8 Å². The minimum absolute atomic E-state index is 0.00637. The molecule has 1 fully saturated rings. The summed E-state index contributed by atoms with van der Waals surface area (Å²) in [5, 5.41) is 48.6. The first-order chi connectivity index (χ1) is 20.2. The summed E-state index contributed by atoms with van der Waals surface area (Å²) >= 11 is 0. The number of aliphatic hydroxyl groups is 3. The molecule has 3 aliphatic carbocycles. The molecule has 1 aromatic carbocycles. The lowest BCUT2D eigenvalue weighted by Gasteiger charge is -2.50. The molecule has 12 nitrogen and oxygen atoms in total. The Balaban J connectivity index is 1.66. The number of Topliss-reactive ketones (excluding diaryl/α,β-unsaturated/α-hetero) is 2. The number of aromatic hydroxyl groups is 1. The fraction of sp³-hybridized carbons (Fsp3) is 0.387. The van der Waals surface area contributed by atoms with Crippen LogP contribution in [0.15, 0.2) is 47.5 Å². The zero-order chi connectivity index (χ0) is 31.5. The fourth-order valence-corrected chi connectivity index (χ4v) is 6.78. The molecule has 0 spiro atoms. The predicted octanol–water partition coefficient (Wildman–Crippen LogP) is 1.41. The van der Waals surface area contributed by atoms with Crippen molar-refractivity contribution in [2.45, 2.75) is 50.8 Å². The Kier molecular flexibility index (Phi) is 7.39. The first-order valence-corrected chi connectivity index (χ1v) is 13.9. The van der Waals surface area contributed by atoms with E-state index in [1.165, 1.54) is 11.1 Å². The number of carbonyl (C=O) groups excluding carboxylic acids is 4. The summed E-state index contributed by atoms with van der Waals surface area (Å²) in [7, 11) is 3.09. The van der Waals surface area contributed by atoms with Gasteiger partial charge < -0.3 is 31.5 Å². The van der Waals surface area contributed by atoms with Gasteiger partial charge in [0, 0.05) is 30.4 Å². The smallest absolute Gasteiger partial charge is 0.255 e. The zero-order valence-corrected chi connectivity index (χ0v) is 24.2. The van der Waals surface area contributed by atoms with Crippen molar-refractivity contribution in [1.82, 2.24) is 15.2 Å². The number of nitrogens with two attached hydrogens (primary N) is 1. The third kappa shape index (κ3) is 4.48. The lowest BCUT2D eigenvalue weighted by atomic mass is 9.57. The van der Waals surface area contributed by atoms with Crippen LogP contribution in [0.25, 0.3) is 5.76 Å². The summed E-state index contributed by atoms with van der Waals surface area (Å²) in [5.41, 5.74) is 3.49. The van der Waals surface area contributed by atoms with Crippen molar-refractivity contribution in [3.05, 3.63) is 75.3 Å². The minimum Gasteiger partial charge on any atom is -0.508 e. The molecule has 2 amide bonds. The zero-order valence-electron chi connectivity index (χ0n) is 24.2. The van der Waals surface area contributed by atoms with Crippen molar-refractivity contribution >= 4 is 29.1 Å². The number of benzene rings is 1. The van der Waals surface area contributed by atoms with Gasteiger partial charge in [-0.15, -0.1) is 0 Å². The van der Waals surface area contributed by atoms with Crippen LogP contribution >= 0.6 is 0 Å². The van der Waals surface area contributed by atoms with Crippen molar-refractivity contribution in [2.24, 2.45) is 17.6 Å². The van der Waals surface area contributed by atoms with Crippen LogP contribution in [-0.4, -0.2) is 79.4 Å². The largest absolute Gasteiger partial charge is 0.508 e. The molecule has 2 aromatic rings. The number of ketones is 2. The number of pyridine rings is 1. The molecule has 1 saturated carbocycles. The van der Waals surface area contributed by atoms with Crippen LogP contribution in [0.3, 0.4) is 0 Å². The molecule has 0 bridgehead atoms. The number of phenols is 1. The normalized spacial score (nSPS) is 25.0. The number of nitrogens with one attached hydrogen (secondary N) is 1. The average Bonchev–Trinajstić information content (AvgIpc) is 2.94. The number of aromatic nitrogens is 1. The molecule has 0 saturated heterocycles. The molecule has 0 aliphatic heterocycles. The quantitative estimate of drug-likeness (QED) is 0.267. The number of carbonyl (C=O) groups is 4. The Labute approximate surface area is 247 Å². The minimum atomic E-state index is -2.71. The van der Waals surface area contributed by atoms with E-state index in [1.54, 1.807) is 38.5 Å². The van der Waals surface area contributed by atoms with Gasteiger partial charge in [0.25, 0.3) is 11.8 Å². The summed E-state index contributed by atoms with van der Waals surface area (Å²) < 4.78 is 0. The van der Waals surface area contributed by atoms with Gasteiger partial charge in [0.1, 0.15) is 22.8 Å². The van der Waals surface area contributed by atoms with Crippen LogP contribution in [0.1, 0.15) is 58.8 Å². The number of aliphatic hydroxyl groups excluding tert-OH is 2. The van der Waals surface area contributed by atoms with E-state index in [0.29, 0.717) is 22.3 Å². The van der Waals surface area contributed by atoms with Crippen molar-refractivity contribution in [1.29, 1.82) is 0 Å². The van der Waals surface area contributed by atoms with Gasteiger partial charge in [0.15, 0.2) is 11.4 Å². The molecule has 3 aliphatic rings. The highest BCUT2D eigenvalue weighted by atomic mass is 16.3. The van der Waals surface area contributed by atoms with E-state index >= 15 is 0 Å². The summed E-state index contributed by atoms with van der Waals surface area (Å²) in [6, 6.07) is 3.83. The Hall–Kier alpha value is -4.55. The summed E-state index contributed by atoms with van der Waals surface area (Å²) in [4.78, 5) is 57.8. The number of hydrogen-bond acceptors (Lipinski definition) is 10. The maximum absolute atomic E-state index is 14.1. The van der Waals surface area contributed by atoms with E-state index < -0.39 is 58.0 Å². The lowest BCUT2D eigenvalue weighted by Crippen LogP contribution is -2.65. The Morgan fingerprint density at radius 1 is 1.21 bits per heavy atom. The van der Waals surface area contributed by atoms with Crippen LogP contribution in [-0.2, 0) is 27.3 Å². The molecule has 43 heavy (non-hydrogen) atoms. The first kappa shape index (κ1) is 29.9. The summed E-state index contributed by atoms with van der Waals surface area (Å²) in [6.45, 7) is 3.71. The third-order valence-electron chi connectivity index (χ3n) is 8.83. The van der Waals surface area contributed by atoms with Crippen LogP contribution < -0.4 is 11.1 Å². The Morgan fingerprint density at radius 2 is 1.91 bits per heavy atom. The molecule has 1 heterocycles. The Morgan fingerprint density at radius 3 is 2.49 bits per heavy atom. The van der Waals surface area contributed by atoms with Crippen LogP contribution in [0.4, 0.5) is 0 Å². The maximum Gasteiger partial charge on any atom is 0.255 e. The molecular formula is C31H34N4O8. The number of amides is 2. The fourth-order valence-electron chi connectivity index (χ4n) is 6.78. The van der Waals surface area contributed by atoms with Gasteiger partial charge in [-0.25, -0.2) is 0 Å². The molecule has 0 unspecified atom stereocenters. The molecule has 4 atom stereocenters. The number of hydrogen-bond donors (Lipinski definition) is 6. The van der Waals surface area contributed by atoms with Crippen LogP contribution in [0.2, 0.25) is 0 Å². The van der Waals surface area contributed by atoms with E-state index in [0.717, 1.165) is 0 Å². The second kappa shape index (κ2) is 10.6. The highest BCUT2D eigenvalue weighted by Gasteiger charge is 2.64. The standard InChI is InChI=1S/C31H34N4O8/c1-13(2)17-9-16(12-34-30(42)14-6-5-7-33-11-14)18-8-15-10-19-23(35(3)4)26(38)22(29(32)41)28(40)31(19,43)27(39)20(15)25(37)21(18)24(17)36/h5-7,9,11,13,15,19,23,36-37,40,43H,8,10,12H2,1-4H3,(H2,32,41)(H,34,42)/t15-,19-,23-,31-/m0/s1. The number of rotatable bonds is 6. The van der Waals surface area contributed by atoms with Crippen molar-refractivity contribution in [3.8, 4) is 5.75 Å².